The molecule has 277 valence electrons. The average Bonchev–Trinajstić information content (AvgIpc) is 3.70. The molecule has 0 N–H and O–H groups in total. The van der Waals surface area contributed by atoms with Gasteiger partial charge in [-0.3, -0.25) is 0 Å². The normalized spacial score (nSPS) is 14.8. The number of hydrogen-bond acceptors (Lipinski definition) is 2. The van der Waals surface area contributed by atoms with Crippen LogP contribution in [-0.4, -0.2) is 9.97 Å². The van der Waals surface area contributed by atoms with Gasteiger partial charge in [0.2, 0.25) is 0 Å². The molecular formula is C52H48IrN2-2. The van der Waals surface area contributed by atoms with E-state index in [0.717, 1.165) is 77.6 Å². The minimum Gasteiger partial charge on any atom is -0.304 e. The van der Waals surface area contributed by atoms with E-state index in [1.54, 1.807) is 12.1 Å². The zero-order valence-corrected chi connectivity index (χ0v) is 34.1. The predicted molar refractivity (Wildman–Crippen MR) is 226 cm³/mol. The van der Waals surface area contributed by atoms with Gasteiger partial charge in [0.1, 0.15) is 0 Å². The number of aromatic nitrogens is 2. The Kier molecular flexibility index (Phi) is 10.5. The van der Waals surface area contributed by atoms with E-state index in [1.165, 1.54) is 45.1 Å². The van der Waals surface area contributed by atoms with Gasteiger partial charge < -0.3 is 9.97 Å². The Labute approximate surface area is 347 Å². The largest absolute Gasteiger partial charge is 0.304 e. The second kappa shape index (κ2) is 17.2. The first-order valence-electron chi connectivity index (χ1n) is 21.2. The van der Waals surface area contributed by atoms with Crippen molar-refractivity contribution in [3.05, 3.63) is 179 Å². The molecule has 2 heterocycles. The van der Waals surface area contributed by atoms with Crippen molar-refractivity contribution in [2.24, 2.45) is 0 Å². The summed E-state index contributed by atoms with van der Waals surface area (Å²) in [5.41, 5.74) is 16.6. The molecule has 8 rings (SSSR count). The fourth-order valence-corrected chi connectivity index (χ4v) is 7.81. The molecule has 1 saturated carbocycles. The summed E-state index contributed by atoms with van der Waals surface area (Å²) in [7, 11) is 0. The zero-order valence-electron chi connectivity index (χ0n) is 35.7. The number of hydrogen-bond donors (Lipinski definition) is 0. The molecule has 0 saturated heterocycles. The molecule has 0 bridgehead atoms. The van der Waals surface area contributed by atoms with Crippen molar-refractivity contribution < 1.29 is 25.6 Å². The van der Waals surface area contributed by atoms with Crippen molar-refractivity contribution in [2.75, 3.05) is 0 Å². The van der Waals surface area contributed by atoms with Gasteiger partial charge in [0.05, 0.1) is 0 Å². The minimum atomic E-state index is -2.16. The second-order valence-corrected chi connectivity index (χ2v) is 15.0. The van der Waals surface area contributed by atoms with E-state index in [1.807, 2.05) is 18.3 Å². The van der Waals surface area contributed by atoms with Gasteiger partial charge in [-0.05, 0) is 101 Å². The number of nitrogens with zero attached hydrogens (tertiary/aromatic N) is 2. The van der Waals surface area contributed by atoms with E-state index in [2.05, 4.69) is 135 Å². The molecule has 1 radical (unpaired) electrons. The number of rotatable bonds is 10. The SMILES string of the molecule is [2H]C([2H])([2H])c1ccc(-c2[c-]cc(CCc3cc(C)cc(-c4ccccc4-c4c[c-]c(-c5cc(-c6ccc(C7([2H])CCCC7)cc6)c(C(C)C)cn5)cc4)c3)cc2)nc1.[Ir]. The molecule has 55 heavy (non-hydrogen) atoms. The standard InChI is InChI=1S/C52H48N2.Ir/c1-35(2)50-34-54-52(32-49(50)43-22-20-41(21-23-43)40-9-5-6-10-40)45-26-24-42(25-27-45)47-11-7-8-12-48(47)46-30-37(4)29-39(31-46)15-14-38-16-18-44(19-17-38)51-28-13-36(3)33-53-51;/h7-8,11-13,16-18,20-26,28-35,40H,5-6,9-10,14-15H2,1-4H3;/q-2;/i3D3,40D;. The van der Waals surface area contributed by atoms with Crippen molar-refractivity contribution in [1.82, 2.24) is 9.97 Å². The molecule has 2 aromatic heterocycles. The van der Waals surface area contributed by atoms with Crippen LogP contribution in [0.4, 0.5) is 0 Å². The van der Waals surface area contributed by atoms with Crippen molar-refractivity contribution in [2.45, 2.75) is 78.0 Å². The molecule has 7 aromatic rings. The fourth-order valence-electron chi connectivity index (χ4n) is 7.81. The van der Waals surface area contributed by atoms with Crippen LogP contribution in [0.1, 0.15) is 90.2 Å². The topological polar surface area (TPSA) is 25.8 Å². The van der Waals surface area contributed by atoms with Crippen LogP contribution in [0.15, 0.2) is 134 Å². The summed E-state index contributed by atoms with van der Waals surface area (Å²) in [4.78, 5) is 9.29. The molecule has 5 aromatic carbocycles. The van der Waals surface area contributed by atoms with Crippen LogP contribution < -0.4 is 0 Å². The molecule has 0 spiro atoms. The van der Waals surface area contributed by atoms with E-state index >= 15 is 0 Å². The maximum absolute atomic E-state index is 8.98. The Morgan fingerprint density at radius 1 is 0.655 bits per heavy atom. The van der Waals surface area contributed by atoms with Crippen LogP contribution in [0.3, 0.4) is 0 Å². The Morgan fingerprint density at radius 3 is 2.02 bits per heavy atom. The van der Waals surface area contributed by atoms with Crippen LogP contribution in [0, 0.1) is 25.9 Å². The molecule has 0 atom stereocenters. The van der Waals surface area contributed by atoms with Crippen LogP contribution in [-0.2, 0) is 32.9 Å². The average molecular weight is 897 g/mol. The van der Waals surface area contributed by atoms with Crippen LogP contribution in [0.25, 0.3) is 55.9 Å². The van der Waals surface area contributed by atoms with Crippen molar-refractivity contribution >= 4 is 0 Å². The fraction of sp³-hybridized carbons (Fsp3) is 0.231. The summed E-state index contributed by atoms with van der Waals surface area (Å²) in [5, 5.41) is 0. The summed E-state index contributed by atoms with van der Waals surface area (Å²) in [6.07, 6.45) is 9.36. The number of pyridine rings is 2. The molecule has 0 amide bonds. The van der Waals surface area contributed by atoms with Gasteiger partial charge in [0, 0.05) is 38.0 Å². The third-order valence-electron chi connectivity index (χ3n) is 10.8. The van der Waals surface area contributed by atoms with E-state index in [9.17, 15) is 0 Å². The van der Waals surface area contributed by atoms with Gasteiger partial charge >= 0.3 is 0 Å². The third kappa shape index (κ3) is 8.80. The first-order valence-corrected chi connectivity index (χ1v) is 19.2. The van der Waals surface area contributed by atoms with Gasteiger partial charge in [-0.2, -0.15) is 0 Å². The van der Waals surface area contributed by atoms with E-state index < -0.39 is 12.7 Å². The maximum Gasteiger partial charge on any atom is 0.0352 e. The smallest absolute Gasteiger partial charge is 0.0352 e. The van der Waals surface area contributed by atoms with Gasteiger partial charge in [0.25, 0.3) is 0 Å². The first kappa shape index (κ1) is 33.4. The van der Waals surface area contributed by atoms with Crippen LogP contribution in [0.2, 0.25) is 0 Å². The molecule has 3 heteroatoms. The molecule has 2 nitrogen and oxygen atoms in total. The summed E-state index contributed by atoms with van der Waals surface area (Å²) in [6.45, 7) is 4.42. The van der Waals surface area contributed by atoms with Gasteiger partial charge in [-0.25, -0.2) is 0 Å². The van der Waals surface area contributed by atoms with Crippen LogP contribution >= 0.6 is 0 Å². The summed E-state index contributed by atoms with van der Waals surface area (Å²) in [6, 6.07) is 49.2. The van der Waals surface area contributed by atoms with Gasteiger partial charge in [0.15, 0.2) is 0 Å². The minimum absolute atomic E-state index is 0. The Bertz CT molecular complexity index is 2520. The number of aryl methyl sites for hydroxylation is 4. The summed E-state index contributed by atoms with van der Waals surface area (Å²) >= 11 is 0. The zero-order chi connectivity index (χ0) is 40.4. The summed E-state index contributed by atoms with van der Waals surface area (Å²) < 4.78 is 31.8. The predicted octanol–water partition coefficient (Wildman–Crippen LogP) is 13.6. The van der Waals surface area contributed by atoms with Crippen molar-refractivity contribution in [1.29, 1.82) is 0 Å². The Balaban J connectivity index is 0.00000528. The third-order valence-corrected chi connectivity index (χ3v) is 10.8. The maximum atomic E-state index is 8.98. The van der Waals surface area contributed by atoms with Gasteiger partial charge in [-0.1, -0.05) is 135 Å². The molecule has 1 aliphatic rings. The molecule has 0 aliphatic heterocycles. The van der Waals surface area contributed by atoms with E-state index in [0.29, 0.717) is 11.6 Å². The summed E-state index contributed by atoms with van der Waals surface area (Å²) in [5.74, 6) is -0.126. The van der Waals surface area contributed by atoms with Gasteiger partial charge in [-0.15, -0.1) is 65.2 Å². The quantitative estimate of drug-likeness (QED) is 0.128. The monoisotopic (exact) mass is 897 g/mol. The van der Waals surface area contributed by atoms with Crippen molar-refractivity contribution in [3.8, 4) is 55.9 Å². The molecule has 1 fully saturated rings. The molecule has 0 unspecified atom stereocenters. The van der Waals surface area contributed by atoms with E-state index in [4.69, 9.17) is 10.5 Å². The molecular weight excluding hydrogens is 845 g/mol. The van der Waals surface area contributed by atoms with Crippen molar-refractivity contribution in [3.63, 3.8) is 0 Å². The first-order chi connectivity index (χ1) is 27.9. The number of benzene rings is 5. The Hall–Kier alpha value is -4.95. The Morgan fingerprint density at radius 2 is 1.35 bits per heavy atom. The molecule has 1 aliphatic carbocycles. The van der Waals surface area contributed by atoms with E-state index in [-0.39, 0.29) is 25.7 Å². The van der Waals surface area contributed by atoms with Crippen LogP contribution in [0.5, 0.6) is 0 Å². The second-order valence-electron chi connectivity index (χ2n) is 15.0.